The number of carbonyl (C=O) groups excluding carboxylic acids is 1. The fourth-order valence-electron chi connectivity index (χ4n) is 2.51. The van der Waals surface area contributed by atoms with Crippen LogP contribution in [0.4, 0.5) is 5.69 Å². The third-order valence-electron chi connectivity index (χ3n) is 4.01. The van der Waals surface area contributed by atoms with Gasteiger partial charge in [-0.3, -0.25) is 9.59 Å². The minimum atomic E-state index is -0.848. The third kappa shape index (κ3) is 3.84. The number of furan rings is 1. The highest BCUT2D eigenvalue weighted by Gasteiger charge is 2.20. The summed E-state index contributed by atoms with van der Waals surface area (Å²) in [5.41, 5.74) is 0.529. The first kappa shape index (κ1) is 18.2. The van der Waals surface area contributed by atoms with Gasteiger partial charge in [0.15, 0.2) is 5.76 Å². The van der Waals surface area contributed by atoms with Crippen LogP contribution in [-0.2, 0) is 4.79 Å². The average molecular weight is 369 g/mol. The van der Waals surface area contributed by atoms with Crippen LogP contribution in [-0.4, -0.2) is 29.9 Å². The number of carbonyl (C=O) groups is 1. The quantitative estimate of drug-likeness (QED) is 0.718. The molecule has 0 spiro atoms. The fourth-order valence-corrected chi connectivity index (χ4v) is 2.51. The Morgan fingerprint density at radius 3 is 2.67 bits per heavy atom. The van der Waals surface area contributed by atoms with E-state index in [4.69, 9.17) is 13.9 Å². The largest absolute Gasteiger partial charge is 0.497 e. The van der Waals surface area contributed by atoms with Crippen LogP contribution >= 0.6 is 0 Å². The molecule has 8 heteroatoms. The van der Waals surface area contributed by atoms with Gasteiger partial charge in [0.1, 0.15) is 23.2 Å². The summed E-state index contributed by atoms with van der Waals surface area (Å²) >= 11 is 0. The number of amides is 1. The summed E-state index contributed by atoms with van der Waals surface area (Å²) in [6.45, 7) is 1.59. The molecule has 2 aromatic heterocycles. The maximum Gasteiger partial charge on any atom is 0.267 e. The number of hydrogen-bond donors (Lipinski definition) is 1. The van der Waals surface area contributed by atoms with Crippen molar-refractivity contribution < 1.29 is 18.7 Å². The number of aromatic nitrogens is 2. The lowest BCUT2D eigenvalue weighted by Gasteiger charge is -2.16. The Morgan fingerprint density at radius 2 is 2.00 bits per heavy atom. The molecule has 27 heavy (non-hydrogen) atoms. The lowest BCUT2D eigenvalue weighted by atomic mass is 10.2. The van der Waals surface area contributed by atoms with Crippen molar-refractivity contribution in [3.63, 3.8) is 0 Å². The van der Waals surface area contributed by atoms with Crippen molar-refractivity contribution in [3.05, 3.63) is 59.1 Å². The molecule has 140 valence electrons. The van der Waals surface area contributed by atoms with Crippen LogP contribution < -0.4 is 20.3 Å². The molecule has 0 fully saturated rings. The van der Waals surface area contributed by atoms with E-state index < -0.39 is 17.5 Å². The molecule has 3 rings (SSSR count). The second-order valence-corrected chi connectivity index (χ2v) is 5.71. The van der Waals surface area contributed by atoms with Gasteiger partial charge in [-0.1, -0.05) is 0 Å². The van der Waals surface area contributed by atoms with Gasteiger partial charge in [-0.05, 0) is 37.3 Å². The molecule has 0 saturated carbocycles. The van der Waals surface area contributed by atoms with Crippen molar-refractivity contribution in [2.24, 2.45) is 0 Å². The topological polar surface area (TPSA) is 95.6 Å². The van der Waals surface area contributed by atoms with Crippen LogP contribution in [0.5, 0.6) is 11.5 Å². The highest BCUT2D eigenvalue weighted by molar-refractivity contribution is 5.94. The normalized spacial score (nSPS) is 11.7. The second-order valence-electron chi connectivity index (χ2n) is 5.71. The molecular weight excluding hydrogens is 350 g/mol. The minimum Gasteiger partial charge on any atom is -0.497 e. The summed E-state index contributed by atoms with van der Waals surface area (Å²) < 4.78 is 16.8. The Morgan fingerprint density at radius 1 is 1.19 bits per heavy atom. The maximum absolute atomic E-state index is 12.7. The van der Waals surface area contributed by atoms with E-state index >= 15 is 0 Å². The van der Waals surface area contributed by atoms with Gasteiger partial charge >= 0.3 is 0 Å². The van der Waals surface area contributed by atoms with E-state index in [2.05, 4.69) is 10.4 Å². The zero-order valence-corrected chi connectivity index (χ0v) is 15.1. The van der Waals surface area contributed by atoms with Gasteiger partial charge in [-0.25, -0.2) is 4.68 Å². The number of methoxy groups -OCH3 is 2. The predicted molar refractivity (Wildman–Crippen MR) is 99.1 cm³/mol. The molecule has 1 unspecified atom stereocenters. The lowest BCUT2D eigenvalue weighted by molar-refractivity contribution is -0.119. The van der Waals surface area contributed by atoms with Gasteiger partial charge in [0.25, 0.3) is 5.56 Å². The monoisotopic (exact) mass is 369 g/mol. The Balaban J connectivity index is 1.86. The minimum absolute atomic E-state index is 0.394. The van der Waals surface area contributed by atoms with Gasteiger partial charge in [-0.15, -0.1) is 0 Å². The molecule has 0 radical (unpaired) electrons. The van der Waals surface area contributed by atoms with Gasteiger partial charge in [0.2, 0.25) is 5.91 Å². The molecule has 0 aliphatic rings. The Bertz CT molecular complexity index is 995. The van der Waals surface area contributed by atoms with E-state index in [1.165, 1.54) is 19.4 Å². The zero-order chi connectivity index (χ0) is 19.4. The molecular formula is C19H19N3O5. The van der Waals surface area contributed by atoms with E-state index in [-0.39, 0.29) is 0 Å². The summed E-state index contributed by atoms with van der Waals surface area (Å²) in [5, 5.41) is 7.00. The summed E-state index contributed by atoms with van der Waals surface area (Å²) in [6, 6.07) is 10.5. The zero-order valence-electron chi connectivity index (χ0n) is 15.1. The van der Waals surface area contributed by atoms with Gasteiger partial charge in [-0.2, -0.15) is 5.10 Å². The highest BCUT2D eigenvalue weighted by Crippen LogP contribution is 2.29. The van der Waals surface area contributed by atoms with Crippen molar-refractivity contribution in [3.8, 4) is 23.0 Å². The van der Waals surface area contributed by atoms with Crippen LogP contribution in [0.1, 0.15) is 13.0 Å². The first-order valence-corrected chi connectivity index (χ1v) is 8.20. The third-order valence-corrected chi connectivity index (χ3v) is 4.01. The van der Waals surface area contributed by atoms with Crippen molar-refractivity contribution in [2.45, 2.75) is 13.0 Å². The van der Waals surface area contributed by atoms with Gasteiger partial charge in [0, 0.05) is 12.1 Å². The molecule has 8 nitrogen and oxygen atoms in total. The number of ether oxygens (including phenoxy) is 2. The summed E-state index contributed by atoms with van der Waals surface area (Å²) in [6.07, 6.45) is 1.51. The molecule has 0 bridgehead atoms. The van der Waals surface area contributed by atoms with Crippen LogP contribution in [0.25, 0.3) is 11.5 Å². The second kappa shape index (κ2) is 7.77. The molecule has 1 N–H and O–H groups in total. The lowest BCUT2D eigenvalue weighted by Crippen LogP contribution is -2.33. The molecule has 3 aromatic rings. The number of hydrogen-bond acceptors (Lipinski definition) is 6. The molecule has 0 aliphatic heterocycles. The van der Waals surface area contributed by atoms with Crippen molar-refractivity contribution in [1.29, 1.82) is 0 Å². The van der Waals surface area contributed by atoms with Crippen molar-refractivity contribution in [1.82, 2.24) is 9.78 Å². The van der Waals surface area contributed by atoms with E-state index in [9.17, 15) is 9.59 Å². The Labute approximate surface area is 155 Å². The Kier molecular flexibility index (Phi) is 5.25. The standard InChI is InChI=1S/C19H19N3O5/c1-12(19(24)20-14-7-6-13(25-2)11-17(14)26-3)22-18(23)9-8-15(21-22)16-5-4-10-27-16/h4-12H,1-3H3,(H,20,24). The number of nitrogens with zero attached hydrogens (tertiary/aromatic N) is 2. The predicted octanol–water partition coefficient (Wildman–Crippen LogP) is 2.72. The molecule has 1 amide bonds. The number of nitrogens with one attached hydrogen (secondary N) is 1. The summed E-state index contributed by atoms with van der Waals surface area (Å²) in [7, 11) is 3.03. The Hall–Kier alpha value is -3.55. The van der Waals surface area contributed by atoms with Gasteiger partial charge in [0.05, 0.1) is 26.2 Å². The number of rotatable bonds is 6. The van der Waals surface area contributed by atoms with Crippen LogP contribution in [0.15, 0.2) is 57.9 Å². The number of anilines is 1. The maximum atomic E-state index is 12.7. The molecule has 1 atom stereocenters. The van der Waals surface area contributed by atoms with Crippen LogP contribution in [0.3, 0.4) is 0 Å². The van der Waals surface area contributed by atoms with Crippen LogP contribution in [0.2, 0.25) is 0 Å². The fraction of sp³-hybridized carbons (Fsp3) is 0.211. The van der Waals surface area contributed by atoms with E-state index in [0.717, 1.165) is 4.68 Å². The SMILES string of the molecule is COc1ccc(NC(=O)C(C)n2nc(-c3ccco3)ccc2=O)c(OC)c1. The first-order valence-electron chi connectivity index (χ1n) is 8.20. The summed E-state index contributed by atoms with van der Waals surface area (Å²) in [5.74, 6) is 1.14. The van der Waals surface area contributed by atoms with E-state index in [0.29, 0.717) is 28.6 Å². The van der Waals surface area contributed by atoms with Crippen LogP contribution in [0, 0.1) is 0 Å². The van der Waals surface area contributed by atoms with Crippen molar-refractivity contribution in [2.75, 3.05) is 19.5 Å². The van der Waals surface area contributed by atoms with Crippen molar-refractivity contribution >= 4 is 11.6 Å². The molecule has 2 heterocycles. The number of benzene rings is 1. The highest BCUT2D eigenvalue weighted by atomic mass is 16.5. The van der Waals surface area contributed by atoms with Gasteiger partial charge < -0.3 is 19.2 Å². The molecule has 0 aliphatic carbocycles. The average Bonchev–Trinajstić information content (AvgIpc) is 3.22. The van der Waals surface area contributed by atoms with E-state index in [1.807, 2.05) is 0 Å². The van der Waals surface area contributed by atoms with E-state index in [1.54, 1.807) is 50.4 Å². The summed E-state index contributed by atoms with van der Waals surface area (Å²) in [4.78, 5) is 24.9. The molecule has 1 aromatic carbocycles. The first-order chi connectivity index (χ1) is 13.0. The smallest absolute Gasteiger partial charge is 0.267 e. The molecule has 0 saturated heterocycles.